The minimum Gasteiger partial charge on any atom is -0.391 e. The molecule has 166 valence electrons. The Bertz CT molecular complexity index is 1290. The Kier molecular flexibility index (Phi) is 4.00. The SMILES string of the molecule is Cc1ccc(C2=NO[C@@H]3[C@@H]4C[C@@H]([C@H]5C(=O)N(c6sc7c(c6C#N)CCCC7)C(=O)[C@@H]45)[C@H]23)cc1. The Labute approximate surface area is 195 Å². The Balaban J connectivity index is 1.25. The van der Waals surface area contributed by atoms with E-state index in [-0.39, 0.29) is 47.5 Å². The third-order valence-corrected chi connectivity index (χ3v) is 9.78. The van der Waals surface area contributed by atoms with Crippen LogP contribution in [0.15, 0.2) is 29.4 Å². The molecule has 0 radical (unpaired) electrons. The molecule has 0 spiro atoms. The summed E-state index contributed by atoms with van der Waals surface area (Å²) in [7, 11) is 0. The molecule has 3 aliphatic carbocycles. The van der Waals surface area contributed by atoms with E-state index in [2.05, 4.69) is 42.4 Å². The van der Waals surface area contributed by atoms with Crippen molar-refractivity contribution in [2.75, 3.05) is 4.90 Å². The minimum absolute atomic E-state index is 0.00160. The van der Waals surface area contributed by atoms with E-state index < -0.39 is 0 Å². The second kappa shape index (κ2) is 6.77. The van der Waals surface area contributed by atoms with Gasteiger partial charge in [-0.1, -0.05) is 35.0 Å². The number of rotatable bonds is 2. The second-order valence-electron chi connectivity index (χ2n) is 10.1. The third kappa shape index (κ3) is 2.45. The molecule has 2 saturated carbocycles. The van der Waals surface area contributed by atoms with Crippen molar-refractivity contribution in [3.8, 4) is 6.07 Å². The lowest BCUT2D eigenvalue weighted by atomic mass is 9.71. The molecule has 3 heterocycles. The van der Waals surface area contributed by atoms with Gasteiger partial charge in [0.15, 0.2) is 0 Å². The summed E-state index contributed by atoms with van der Waals surface area (Å²) in [4.78, 5) is 35.9. The largest absolute Gasteiger partial charge is 0.391 e. The van der Waals surface area contributed by atoms with Crippen LogP contribution in [0.1, 0.15) is 46.4 Å². The standard InChI is InChI=1S/C26H23N3O3S/c1-12-6-8-13(9-7-12)22-21-15-10-16(23(21)32-28-22)20-19(15)24(30)29(25(20)31)26-17(11-27)14-4-2-3-5-18(14)33-26/h6-9,15-16,19-21,23H,2-5,10H2,1H3/t15-,16+,19+,20-,21+,23+/m0/s1. The van der Waals surface area contributed by atoms with Crippen molar-refractivity contribution in [3.63, 3.8) is 0 Å². The van der Waals surface area contributed by atoms with E-state index >= 15 is 0 Å². The van der Waals surface area contributed by atoms with Crippen molar-refractivity contribution in [1.82, 2.24) is 0 Å². The highest BCUT2D eigenvalue weighted by Crippen LogP contribution is 2.62. The van der Waals surface area contributed by atoms with E-state index in [1.54, 1.807) is 0 Å². The quantitative estimate of drug-likeness (QED) is 0.639. The van der Waals surface area contributed by atoms with Crippen LogP contribution in [-0.4, -0.2) is 23.6 Å². The highest BCUT2D eigenvalue weighted by atomic mass is 32.1. The second-order valence-corrected chi connectivity index (χ2v) is 11.2. The molecule has 2 amide bonds. The molecule has 0 N–H and O–H groups in total. The summed E-state index contributed by atoms with van der Waals surface area (Å²) in [5.74, 6) is -0.872. The average Bonchev–Trinajstić information content (AvgIpc) is 3.60. The van der Waals surface area contributed by atoms with Crippen molar-refractivity contribution < 1.29 is 14.4 Å². The molecule has 5 aliphatic rings. The first-order valence-electron chi connectivity index (χ1n) is 11.8. The zero-order chi connectivity index (χ0) is 22.4. The van der Waals surface area contributed by atoms with Gasteiger partial charge in [-0.05, 0) is 56.1 Å². The number of amides is 2. The lowest BCUT2D eigenvalue weighted by Gasteiger charge is -2.29. The van der Waals surface area contributed by atoms with Crippen LogP contribution >= 0.6 is 11.3 Å². The average molecular weight is 458 g/mol. The number of nitriles is 1. The maximum Gasteiger partial charge on any atom is 0.238 e. The molecule has 33 heavy (non-hydrogen) atoms. The van der Waals surface area contributed by atoms with Crippen LogP contribution in [0.2, 0.25) is 0 Å². The molecule has 2 aromatic rings. The van der Waals surface area contributed by atoms with Crippen LogP contribution in [0, 0.1) is 47.8 Å². The number of carbonyl (C=O) groups excluding carboxylic acids is 2. The zero-order valence-corrected chi connectivity index (χ0v) is 19.1. The monoisotopic (exact) mass is 457 g/mol. The van der Waals surface area contributed by atoms with Crippen molar-refractivity contribution in [1.29, 1.82) is 5.26 Å². The fourth-order valence-electron chi connectivity index (χ4n) is 7.11. The van der Waals surface area contributed by atoms with Crippen molar-refractivity contribution in [2.24, 2.45) is 34.7 Å². The van der Waals surface area contributed by atoms with Gasteiger partial charge in [0.05, 0.1) is 23.1 Å². The fourth-order valence-corrected chi connectivity index (χ4v) is 8.46. The summed E-state index contributed by atoms with van der Waals surface area (Å²) >= 11 is 1.48. The number of hydrogen-bond donors (Lipinski definition) is 0. The molecule has 7 heteroatoms. The summed E-state index contributed by atoms with van der Waals surface area (Å²) in [6.07, 6.45) is 4.62. The summed E-state index contributed by atoms with van der Waals surface area (Å²) in [5.41, 5.74) is 4.72. The van der Waals surface area contributed by atoms with E-state index in [0.29, 0.717) is 10.6 Å². The number of nitrogens with zero attached hydrogens (tertiary/aromatic N) is 3. The van der Waals surface area contributed by atoms with Gasteiger partial charge in [-0.15, -0.1) is 11.3 Å². The molecule has 6 nitrogen and oxygen atoms in total. The lowest BCUT2D eigenvalue weighted by molar-refractivity contribution is -0.125. The Hall–Kier alpha value is -2.98. The Morgan fingerprint density at radius 3 is 2.55 bits per heavy atom. The van der Waals surface area contributed by atoms with Crippen LogP contribution in [0.3, 0.4) is 0 Å². The van der Waals surface area contributed by atoms with Gasteiger partial charge in [0.25, 0.3) is 0 Å². The molecule has 1 aromatic heterocycles. The predicted octanol–water partition coefficient (Wildman–Crippen LogP) is 3.98. The van der Waals surface area contributed by atoms with Crippen LogP contribution < -0.4 is 4.90 Å². The topological polar surface area (TPSA) is 82.8 Å². The molecule has 2 bridgehead atoms. The first kappa shape index (κ1) is 19.5. The van der Waals surface area contributed by atoms with Crippen molar-refractivity contribution >= 4 is 33.9 Å². The van der Waals surface area contributed by atoms with Gasteiger partial charge in [0.2, 0.25) is 11.8 Å². The summed E-state index contributed by atoms with van der Waals surface area (Å²) < 4.78 is 0. The number of fused-ring (bicyclic) bond motifs is 9. The van der Waals surface area contributed by atoms with Gasteiger partial charge in [0, 0.05) is 16.7 Å². The van der Waals surface area contributed by atoms with Crippen molar-refractivity contribution in [3.05, 3.63) is 51.4 Å². The van der Waals surface area contributed by atoms with E-state index in [4.69, 9.17) is 4.84 Å². The van der Waals surface area contributed by atoms with Crippen LogP contribution in [0.25, 0.3) is 0 Å². The molecular weight excluding hydrogens is 434 g/mol. The van der Waals surface area contributed by atoms with Gasteiger partial charge in [-0.3, -0.25) is 9.59 Å². The Morgan fingerprint density at radius 1 is 1.06 bits per heavy atom. The molecule has 7 rings (SSSR count). The van der Waals surface area contributed by atoms with Gasteiger partial charge >= 0.3 is 0 Å². The smallest absolute Gasteiger partial charge is 0.238 e. The molecular formula is C26H23N3O3S. The number of imide groups is 1. The highest BCUT2D eigenvalue weighted by molar-refractivity contribution is 7.17. The maximum absolute atomic E-state index is 13.8. The number of anilines is 1. The summed E-state index contributed by atoms with van der Waals surface area (Å²) in [6.45, 7) is 2.05. The van der Waals surface area contributed by atoms with E-state index in [9.17, 15) is 14.9 Å². The van der Waals surface area contributed by atoms with E-state index in [1.807, 2.05) is 0 Å². The molecule has 1 saturated heterocycles. The minimum atomic E-state index is -0.359. The number of hydrogen-bond acceptors (Lipinski definition) is 6. The first-order valence-corrected chi connectivity index (χ1v) is 12.6. The molecule has 3 fully saturated rings. The summed E-state index contributed by atoms with van der Waals surface area (Å²) in [6, 6.07) is 10.6. The Morgan fingerprint density at radius 2 is 1.79 bits per heavy atom. The number of benzene rings is 1. The van der Waals surface area contributed by atoms with Gasteiger partial charge in [-0.2, -0.15) is 5.26 Å². The van der Waals surface area contributed by atoms with E-state index in [0.717, 1.165) is 48.9 Å². The first-order chi connectivity index (χ1) is 16.1. The zero-order valence-electron chi connectivity index (χ0n) is 18.3. The van der Waals surface area contributed by atoms with E-state index in [1.165, 1.54) is 26.7 Å². The van der Waals surface area contributed by atoms with Crippen molar-refractivity contribution in [2.45, 2.75) is 45.1 Å². The number of carbonyl (C=O) groups is 2. The third-order valence-electron chi connectivity index (χ3n) is 8.51. The van der Waals surface area contributed by atoms with Crippen LogP contribution in [0.4, 0.5) is 5.00 Å². The normalized spacial score (nSPS) is 33.5. The van der Waals surface area contributed by atoms with Gasteiger partial charge in [-0.25, -0.2) is 4.90 Å². The van der Waals surface area contributed by atoms with Crippen LogP contribution in [0.5, 0.6) is 0 Å². The van der Waals surface area contributed by atoms with Gasteiger partial charge in [0.1, 0.15) is 17.2 Å². The predicted molar refractivity (Wildman–Crippen MR) is 123 cm³/mol. The molecule has 6 atom stereocenters. The number of aryl methyl sites for hydroxylation is 2. The van der Waals surface area contributed by atoms with Crippen LogP contribution in [-0.2, 0) is 27.3 Å². The fraction of sp³-hybridized carbons (Fsp3) is 0.462. The molecule has 2 aliphatic heterocycles. The number of thiophene rings is 1. The lowest BCUT2D eigenvalue weighted by Crippen LogP contribution is -2.41. The molecule has 0 unspecified atom stereocenters. The molecule has 1 aromatic carbocycles. The van der Waals surface area contributed by atoms with Gasteiger partial charge < -0.3 is 4.84 Å². The summed E-state index contributed by atoms with van der Waals surface area (Å²) in [5, 5.41) is 14.9. The maximum atomic E-state index is 13.8. The number of oxime groups is 1. The highest BCUT2D eigenvalue weighted by Gasteiger charge is 2.70.